The van der Waals surface area contributed by atoms with Gasteiger partial charge in [0.15, 0.2) is 0 Å². The van der Waals surface area contributed by atoms with Gasteiger partial charge in [-0.2, -0.15) is 0 Å². The molecule has 4 rings (SSSR count). The summed E-state index contributed by atoms with van der Waals surface area (Å²) in [6, 6.07) is 8.29. The van der Waals surface area contributed by atoms with Crippen LogP contribution in [0.5, 0.6) is 0 Å². The second-order valence-corrected chi connectivity index (χ2v) is 6.28. The number of H-pyrrole nitrogens is 1. The summed E-state index contributed by atoms with van der Waals surface area (Å²) in [5.41, 5.74) is 2.11. The Labute approximate surface area is 135 Å². The summed E-state index contributed by atoms with van der Waals surface area (Å²) < 4.78 is 5.32. The van der Waals surface area contributed by atoms with Crippen LogP contribution in [0.15, 0.2) is 24.3 Å². The van der Waals surface area contributed by atoms with E-state index in [0.29, 0.717) is 32.2 Å². The Kier molecular flexibility index (Phi) is 3.91. The number of hydrogen-bond donors (Lipinski definition) is 1. The van der Waals surface area contributed by atoms with Crippen LogP contribution in [0.25, 0.3) is 11.0 Å². The van der Waals surface area contributed by atoms with Crippen LogP contribution in [-0.2, 0) is 4.74 Å². The smallest absolute Gasteiger partial charge is 0.320 e. The maximum absolute atomic E-state index is 12.5. The van der Waals surface area contributed by atoms with E-state index < -0.39 is 0 Å². The fraction of sp³-hybridized carbons (Fsp3) is 0.529. The van der Waals surface area contributed by atoms with Crippen LogP contribution in [-0.4, -0.2) is 65.2 Å². The fourth-order valence-corrected chi connectivity index (χ4v) is 3.46. The molecule has 2 saturated heterocycles. The van der Waals surface area contributed by atoms with Gasteiger partial charge in [-0.1, -0.05) is 12.1 Å². The van der Waals surface area contributed by atoms with Gasteiger partial charge in [-0.25, -0.2) is 9.78 Å². The zero-order valence-corrected chi connectivity index (χ0v) is 13.2. The standard InChI is InChI=1S/C17H22N4O2/c22-17(21-9-11-23-12-10-21)20-7-5-13(6-8-20)16-18-14-3-1-2-4-15(14)19-16/h1-4,13H,5-12H2,(H,18,19). The van der Waals surface area contributed by atoms with Gasteiger partial charge in [0.2, 0.25) is 0 Å². The van der Waals surface area contributed by atoms with Crippen molar-refractivity contribution in [2.45, 2.75) is 18.8 Å². The number of carbonyl (C=O) groups is 1. The van der Waals surface area contributed by atoms with Gasteiger partial charge >= 0.3 is 6.03 Å². The van der Waals surface area contributed by atoms with Gasteiger partial charge in [0.25, 0.3) is 0 Å². The van der Waals surface area contributed by atoms with Crippen molar-refractivity contribution < 1.29 is 9.53 Å². The number of imidazole rings is 1. The van der Waals surface area contributed by atoms with Crippen molar-refractivity contribution in [3.05, 3.63) is 30.1 Å². The van der Waals surface area contributed by atoms with Crippen molar-refractivity contribution in [1.82, 2.24) is 19.8 Å². The zero-order valence-electron chi connectivity index (χ0n) is 13.2. The molecule has 0 radical (unpaired) electrons. The lowest BCUT2D eigenvalue weighted by molar-refractivity contribution is 0.0411. The summed E-state index contributed by atoms with van der Waals surface area (Å²) >= 11 is 0. The summed E-state index contributed by atoms with van der Waals surface area (Å²) in [4.78, 5) is 24.5. The van der Waals surface area contributed by atoms with Crippen molar-refractivity contribution in [2.24, 2.45) is 0 Å². The van der Waals surface area contributed by atoms with E-state index in [0.717, 1.165) is 42.8 Å². The predicted octanol–water partition coefficient (Wildman–Crippen LogP) is 2.19. The molecule has 0 spiro atoms. The molecule has 0 saturated carbocycles. The average Bonchev–Trinajstić information content (AvgIpc) is 3.06. The minimum absolute atomic E-state index is 0.163. The average molecular weight is 314 g/mol. The molecular formula is C17H22N4O2. The number of amides is 2. The third kappa shape index (κ3) is 2.91. The van der Waals surface area contributed by atoms with Crippen LogP contribution >= 0.6 is 0 Å². The molecule has 122 valence electrons. The molecule has 2 fully saturated rings. The number of aromatic nitrogens is 2. The third-order valence-electron chi connectivity index (χ3n) is 4.84. The molecule has 3 heterocycles. The van der Waals surface area contributed by atoms with E-state index in [4.69, 9.17) is 9.72 Å². The molecule has 1 aromatic carbocycles. The number of fused-ring (bicyclic) bond motifs is 1. The Morgan fingerprint density at radius 2 is 1.78 bits per heavy atom. The number of benzene rings is 1. The van der Waals surface area contributed by atoms with E-state index in [1.807, 2.05) is 28.0 Å². The Balaban J connectivity index is 1.39. The van der Waals surface area contributed by atoms with Gasteiger partial charge in [0.05, 0.1) is 24.2 Å². The number of aromatic amines is 1. The van der Waals surface area contributed by atoms with Gasteiger partial charge in [-0.15, -0.1) is 0 Å². The van der Waals surface area contributed by atoms with Gasteiger partial charge in [0.1, 0.15) is 5.82 Å². The van der Waals surface area contributed by atoms with E-state index in [-0.39, 0.29) is 6.03 Å². The third-order valence-corrected chi connectivity index (χ3v) is 4.84. The highest BCUT2D eigenvalue weighted by atomic mass is 16.5. The first-order chi connectivity index (χ1) is 11.3. The summed E-state index contributed by atoms with van der Waals surface area (Å²) in [6.07, 6.45) is 1.94. The first kappa shape index (κ1) is 14.5. The molecule has 2 aliphatic rings. The first-order valence-corrected chi connectivity index (χ1v) is 8.37. The molecule has 23 heavy (non-hydrogen) atoms. The molecule has 6 nitrogen and oxygen atoms in total. The molecule has 2 aliphatic heterocycles. The monoisotopic (exact) mass is 314 g/mol. The molecule has 2 aromatic rings. The Hall–Kier alpha value is -2.08. The number of morpholine rings is 1. The number of para-hydroxylation sites is 2. The molecule has 2 amide bonds. The van der Waals surface area contributed by atoms with E-state index in [9.17, 15) is 4.79 Å². The second-order valence-electron chi connectivity index (χ2n) is 6.28. The van der Waals surface area contributed by atoms with Crippen molar-refractivity contribution >= 4 is 17.1 Å². The van der Waals surface area contributed by atoms with Crippen LogP contribution in [0, 0.1) is 0 Å². The summed E-state index contributed by atoms with van der Waals surface area (Å²) in [6.45, 7) is 4.34. The van der Waals surface area contributed by atoms with E-state index in [1.54, 1.807) is 0 Å². The Morgan fingerprint density at radius 1 is 1.09 bits per heavy atom. The Morgan fingerprint density at radius 3 is 2.52 bits per heavy atom. The number of nitrogens with one attached hydrogen (secondary N) is 1. The summed E-state index contributed by atoms with van der Waals surface area (Å²) in [5, 5.41) is 0. The molecule has 0 unspecified atom stereocenters. The SMILES string of the molecule is O=C(N1CCOCC1)N1CCC(c2nc3ccccc3[nH]2)CC1. The lowest BCUT2D eigenvalue weighted by Gasteiger charge is -2.36. The van der Waals surface area contributed by atoms with Crippen molar-refractivity contribution in [3.8, 4) is 0 Å². The number of piperidine rings is 1. The fourth-order valence-electron chi connectivity index (χ4n) is 3.46. The number of nitrogens with zero attached hydrogens (tertiary/aromatic N) is 3. The first-order valence-electron chi connectivity index (χ1n) is 8.37. The lowest BCUT2D eigenvalue weighted by atomic mass is 9.96. The molecule has 0 atom stereocenters. The number of urea groups is 1. The molecule has 1 N–H and O–H groups in total. The molecule has 0 bridgehead atoms. The number of rotatable bonds is 1. The molecule has 1 aromatic heterocycles. The molecule has 6 heteroatoms. The van der Waals surface area contributed by atoms with Gasteiger partial charge in [0, 0.05) is 32.1 Å². The van der Waals surface area contributed by atoms with Crippen LogP contribution in [0.1, 0.15) is 24.6 Å². The van der Waals surface area contributed by atoms with Crippen LogP contribution < -0.4 is 0 Å². The quantitative estimate of drug-likeness (QED) is 0.878. The highest BCUT2D eigenvalue weighted by Crippen LogP contribution is 2.28. The molecule has 0 aliphatic carbocycles. The number of carbonyl (C=O) groups excluding carboxylic acids is 1. The maximum atomic E-state index is 12.5. The minimum atomic E-state index is 0.163. The van der Waals surface area contributed by atoms with E-state index in [2.05, 4.69) is 11.1 Å². The van der Waals surface area contributed by atoms with Gasteiger partial charge in [-0.05, 0) is 25.0 Å². The predicted molar refractivity (Wildman–Crippen MR) is 87.4 cm³/mol. The zero-order chi connectivity index (χ0) is 15.6. The highest BCUT2D eigenvalue weighted by molar-refractivity contribution is 5.75. The normalized spacial score (nSPS) is 20.2. The lowest BCUT2D eigenvalue weighted by Crippen LogP contribution is -2.50. The van der Waals surface area contributed by atoms with Gasteiger partial charge in [-0.3, -0.25) is 0 Å². The largest absolute Gasteiger partial charge is 0.378 e. The number of likely N-dealkylation sites (tertiary alicyclic amines) is 1. The molecular weight excluding hydrogens is 292 g/mol. The van der Waals surface area contributed by atoms with Crippen LogP contribution in [0.3, 0.4) is 0 Å². The van der Waals surface area contributed by atoms with E-state index in [1.165, 1.54) is 0 Å². The summed E-state index contributed by atoms with van der Waals surface area (Å²) in [5.74, 6) is 1.47. The van der Waals surface area contributed by atoms with Crippen LogP contribution in [0.4, 0.5) is 4.79 Å². The van der Waals surface area contributed by atoms with E-state index >= 15 is 0 Å². The van der Waals surface area contributed by atoms with Gasteiger partial charge < -0.3 is 19.5 Å². The minimum Gasteiger partial charge on any atom is -0.378 e. The van der Waals surface area contributed by atoms with Crippen LogP contribution in [0.2, 0.25) is 0 Å². The summed E-state index contributed by atoms with van der Waals surface area (Å²) in [7, 11) is 0. The maximum Gasteiger partial charge on any atom is 0.320 e. The van der Waals surface area contributed by atoms with Crippen molar-refractivity contribution in [1.29, 1.82) is 0 Å². The highest BCUT2D eigenvalue weighted by Gasteiger charge is 2.28. The van der Waals surface area contributed by atoms with Crippen molar-refractivity contribution in [3.63, 3.8) is 0 Å². The van der Waals surface area contributed by atoms with Crippen molar-refractivity contribution in [2.75, 3.05) is 39.4 Å². The second kappa shape index (κ2) is 6.20. The number of hydrogen-bond acceptors (Lipinski definition) is 3. The number of ether oxygens (including phenoxy) is 1. The Bertz CT molecular complexity index is 652. The topological polar surface area (TPSA) is 61.5 Å².